The molecule has 4 aliphatic carbocycles. The van der Waals surface area contributed by atoms with E-state index in [0.29, 0.717) is 12.0 Å². The highest BCUT2D eigenvalue weighted by molar-refractivity contribution is 6.01. The molecule has 2 saturated heterocycles. The number of rotatable bonds is 8. The molecule has 50 heavy (non-hydrogen) atoms. The van der Waals surface area contributed by atoms with Crippen LogP contribution in [0.5, 0.6) is 0 Å². The van der Waals surface area contributed by atoms with Crippen molar-refractivity contribution in [2.75, 3.05) is 19.8 Å². The van der Waals surface area contributed by atoms with Crippen molar-refractivity contribution in [2.24, 2.45) is 28.6 Å². The van der Waals surface area contributed by atoms with E-state index in [1.165, 1.54) is 18.2 Å². The maximum Gasteiger partial charge on any atom is 0.190 e. The monoisotopic (exact) mass is 716 g/mol. The van der Waals surface area contributed by atoms with Crippen LogP contribution >= 0.6 is 0 Å². The number of carbonyl (C=O) groups is 2. The molecule has 18 atom stereocenters. The summed E-state index contributed by atoms with van der Waals surface area (Å²) in [6.07, 6.45) is -13.6. The van der Waals surface area contributed by atoms with Gasteiger partial charge in [-0.05, 0) is 56.6 Å². The molecule has 0 aromatic rings. The Kier molecular flexibility index (Phi) is 10.1. The fourth-order valence-electron chi connectivity index (χ4n) is 10.1. The third-order valence-electron chi connectivity index (χ3n) is 13.0. The van der Waals surface area contributed by atoms with Crippen molar-refractivity contribution in [2.45, 2.75) is 125 Å². The summed E-state index contributed by atoms with van der Waals surface area (Å²) in [4.78, 5) is 26.6. The lowest BCUT2D eigenvalue weighted by atomic mass is 9.44. The Balaban J connectivity index is 1.35. The van der Waals surface area contributed by atoms with E-state index in [9.17, 15) is 55.5 Å². The summed E-state index contributed by atoms with van der Waals surface area (Å²) in [6, 6.07) is 0. The molecule has 0 spiro atoms. The van der Waals surface area contributed by atoms with Crippen LogP contribution in [0.15, 0.2) is 23.8 Å². The van der Waals surface area contributed by atoms with E-state index in [-0.39, 0.29) is 25.0 Å². The topological polar surface area (TPSA) is 253 Å². The zero-order valence-corrected chi connectivity index (χ0v) is 28.1. The lowest BCUT2D eigenvalue weighted by Gasteiger charge is -2.63. The summed E-state index contributed by atoms with van der Waals surface area (Å²) in [5.41, 5.74) is -6.77. The summed E-state index contributed by atoms with van der Waals surface area (Å²) < 4.78 is 41.4. The minimum atomic E-state index is -2.31. The van der Waals surface area contributed by atoms with Crippen molar-refractivity contribution >= 4 is 11.6 Å². The third kappa shape index (κ3) is 5.33. The second-order valence-corrected chi connectivity index (χ2v) is 15.4. The number of alkyl halides is 1. The molecule has 0 aromatic carbocycles. The molecule has 6 aliphatic rings. The van der Waals surface area contributed by atoms with E-state index < -0.39 is 133 Å². The van der Waals surface area contributed by atoms with Gasteiger partial charge in [-0.2, -0.15) is 0 Å². The number of Topliss-reactive ketones (excluding diaryl/α,β-unsaturated/α-hetero) is 1. The van der Waals surface area contributed by atoms with Gasteiger partial charge >= 0.3 is 0 Å². The number of ketones is 2. The van der Waals surface area contributed by atoms with Gasteiger partial charge in [0.1, 0.15) is 61.0 Å². The summed E-state index contributed by atoms with van der Waals surface area (Å²) >= 11 is 0. The molecule has 16 heteroatoms. The largest absolute Gasteiger partial charge is 0.394 e. The van der Waals surface area contributed by atoms with Gasteiger partial charge in [0, 0.05) is 16.7 Å². The molecule has 5 fully saturated rings. The number of carbonyl (C=O) groups excluding carboxylic acids is 2. The van der Waals surface area contributed by atoms with E-state index in [1.54, 1.807) is 20.8 Å². The molecule has 6 rings (SSSR count). The zero-order chi connectivity index (χ0) is 36.7. The highest BCUT2D eigenvalue weighted by Gasteiger charge is 2.76. The summed E-state index contributed by atoms with van der Waals surface area (Å²) in [6.45, 7) is 2.63. The molecule has 2 aliphatic heterocycles. The molecule has 9 N–H and O–H groups in total. The Morgan fingerprint density at radius 1 is 0.920 bits per heavy atom. The minimum Gasteiger partial charge on any atom is -0.394 e. The quantitative estimate of drug-likeness (QED) is 0.126. The smallest absolute Gasteiger partial charge is 0.190 e. The van der Waals surface area contributed by atoms with Crippen molar-refractivity contribution in [3.05, 3.63) is 23.8 Å². The maximum absolute atomic E-state index is 18.6. The van der Waals surface area contributed by atoms with Crippen LogP contribution < -0.4 is 0 Å². The molecular weight excluding hydrogens is 667 g/mol. The van der Waals surface area contributed by atoms with Crippen molar-refractivity contribution in [1.82, 2.24) is 0 Å². The van der Waals surface area contributed by atoms with Crippen LogP contribution in [0.1, 0.15) is 46.5 Å². The van der Waals surface area contributed by atoms with Gasteiger partial charge in [-0.15, -0.1) is 0 Å². The van der Waals surface area contributed by atoms with Crippen LogP contribution in [0, 0.1) is 28.6 Å². The molecule has 282 valence electrons. The standard InChI is InChI=1S/C34H49FO15/c1-14-8-18-17-5-4-15-9-16(38)6-7-31(15,2)33(17,35)22(50-30-28(45)26(43)24(41)20(12-37)49-30)10-32(18,3)34(14,46)21(39)13-47-29-27(44)25(42)23(40)19(11-36)48-29/h6-7,9,14,17-20,22-30,36-37,40-46H,4-5,8,10-13H2,1-3H3/t14-,17+,18+,19-,20-,22+,23+,24+,25+,26+,27-,28-,29-,30+,31+,32+,33+,34+/m1/s1. The molecule has 0 radical (unpaired) electrons. The van der Waals surface area contributed by atoms with E-state index in [4.69, 9.17) is 18.9 Å². The third-order valence-corrected chi connectivity index (χ3v) is 13.0. The Morgan fingerprint density at radius 2 is 1.50 bits per heavy atom. The lowest BCUT2D eigenvalue weighted by Crippen LogP contribution is -2.71. The maximum atomic E-state index is 18.6. The molecule has 15 nitrogen and oxygen atoms in total. The highest BCUT2D eigenvalue weighted by Crippen LogP contribution is 2.71. The molecule has 2 heterocycles. The fourth-order valence-corrected chi connectivity index (χ4v) is 10.1. The summed E-state index contributed by atoms with van der Waals surface area (Å²) in [7, 11) is 0. The van der Waals surface area contributed by atoms with Gasteiger partial charge in [0.25, 0.3) is 0 Å². The zero-order valence-electron chi connectivity index (χ0n) is 28.1. The number of ether oxygens (including phenoxy) is 4. The molecule has 0 unspecified atom stereocenters. The first kappa shape index (κ1) is 38.0. The second kappa shape index (κ2) is 13.3. The Morgan fingerprint density at radius 3 is 2.10 bits per heavy atom. The van der Waals surface area contributed by atoms with Crippen LogP contribution in [-0.2, 0) is 28.5 Å². The number of aliphatic hydroxyl groups is 9. The minimum absolute atomic E-state index is 0.208. The number of allylic oxidation sites excluding steroid dienone is 4. The Hall–Kier alpha value is -1.77. The average molecular weight is 717 g/mol. The predicted octanol–water partition coefficient (Wildman–Crippen LogP) is -2.46. The van der Waals surface area contributed by atoms with Gasteiger partial charge in [-0.1, -0.05) is 25.5 Å². The van der Waals surface area contributed by atoms with Gasteiger partial charge in [0.05, 0.1) is 19.3 Å². The molecule has 3 saturated carbocycles. The van der Waals surface area contributed by atoms with Gasteiger partial charge in [0.15, 0.2) is 29.8 Å². The first-order valence-electron chi connectivity index (χ1n) is 17.2. The predicted molar refractivity (Wildman–Crippen MR) is 165 cm³/mol. The summed E-state index contributed by atoms with van der Waals surface area (Å²) in [5.74, 6) is -3.39. The Bertz CT molecular complexity index is 1390. The Labute approximate surface area is 287 Å². The van der Waals surface area contributed by atoms with E-state index in [2.05, 4.69) is 0 Å². The van der Waals surface area contributed by atoms with Gasteiger partial charge < -0.3 is 64.9 Å². The van der Waals surface area contributed by atoms with Crippen LogP contribution in [0.3, 0.4) is 0 Å². The summed E-state index contributed by atoms with van der Waals surface area (Å²) in [5, 5.41) is 94.3. The van der Waals surface area contributed by atoms with Crippen LogP contribution in [0.25, 0.3) is 0 Å². The molecular formula is C34H49FO15. The SMILES string of the molecule is C[C@@H]1C[C@H]2[C@@H]3CCC4=CC(=O)C=C[C@]4(C)[C@@]3(F)[C@@H](O[C@@H]3O[C@H](CO)[C@H](O)[C@H](O)[C@H]3O)C[C@]2(C)[C@@]1(O)C(=O)CO[C@@H]1O[C@H](CO)[C@H](O)[C@H](O)[C@H]1O. The van der Waals surface area contributed by atoms with E-state index in [0.717, 1.165) is 0 Å². The number of hydrogen-bond donors (Lipinski definition) is 9. The first-order chi connectivity index (χ1) is 23.4. The van der Waals surface area contributed by atoms with E-state index in [1.807, 2.05) is 0 Å². The fraction of sp³-hybridized carbons (Fsp3) is 0.824. The number of aliphatic hydroxyl groups excluding tert-OH is 8. The van der Waals surface area contributed by atoms with Crippen LogP contribution in [-0.4, -0.2) is 156 Å². The number of halogens is 1. The molecule has 0 aromatic heterocycles. The van der Waals surface area contributed by atoms with Crippen LogP contribution in [0.4, 0.5) is 4.39 Å². The number of hydrogen-bond acceptors (Lipinski definition) is 15. The van der Waals surface area contributed by atoms with Gasteiger partial charge in [-0.25, -0.2) is 4.39 Å². The molecule has 0 amide bonds. The average Bonchev–Trinajstić information content (AvgIpc) is 3.29. The van der Waals surface area contributed by atoms with Crippen molar-refractivity contribution in [3.63, 3.8) is 0 Å². The van der Waals surface area contributed by atoms with Crippen molar-refractivity contribution in [3.8, 4) is 0 Å². The highest BCUT2D eigenvalue weighted by atomic mass is 19.1. The van der Waals surface area contributed by atoms with Gasteiger partial charge in [0.2, 0.25) is 0 Å². The number of fused-ring (bicyclic) bond motifs is 5. The first-order valence-corrected chi connectivity index (χ1v) is 17.2. The molecule has 0 bridgehead atoms. The lowest BCUT2D eigenvalue weighted by molar-refractivity contribution is -0.340. The normalized spacial score (nSPS) is 53.3. The van der Waals surface area contributed by atoms with Crippen molar-refractivity contribution in [1.29, 1.82) is 0 Å². The van der Waals surface area contributed by atoms with Crippen LogP contribution in [0.2, 0.25) is 0 Å². The van der Waals surface area contributed by atoms with E-state index >= 15 is 4.39 Å². The van der Waals surface area contributed by atoms with Crippen molar-refractivity contribution < 1.29 is 78.9 Å². The second-order valence-electron chi connectivity index (χ2n) is 15.4. The van der Waals surface area contributed by atoms with Gasteiger partial charge in [-0.3, -0.25) is 9.59 Å².